The summed E-state index contributed by atoms with van der Waals surface area (Å²) in [6.45, 7) is 0.715. The number of hydrogen-bond acceptors (Lipinski definition) is 4. The Balaban J connectivity index is 1.86. The number of hydrogen-bond donors (Lipinski definition) is 1. The van der Waals surface area contributed by atoms with Crippen LogP contribution in [-0.4, -0.2) is 18.5 Å². The van der Waals surface area contributed by atoms with Gasteiger partial charge in [0.2, 0.25) is 0 Å². The standard InChI is InChI=1S/C18H16BrNO3/c19-15-10-5-4-9-14(15)16(21)23-17(22)18(11-6-12-20-18)13-7-2-1-3-8-13/h1-5,7-10,20H,6,11-12H2/t18-/m1/s1. The Hall–Kier alpha value is -1.98. The summed E-state index contributed by atoms with van der Waals surface area (Å²) in [6.07, 6.45) is 1.46. The molecule has 1 aliphatic rings. The molecule has 0 aliphatic carbocycles. The minimum absolute atomic E-state index is 0.335. The maximum Gasteiger partial charge on any atom is 0.346 e. The van der Waals surface area contributed by atoms with Gasteiger partial charge in [0.1, 0.15) is 5.54 Å². The lowest BCUT2D eigenvalue weighted by Gasteiger charge is -2.27. The molecule has 3 rings (SSSR count). The fourth-order valence-electron chi connectivity index (χ4n) is 2.86. The molecule has 5 heteroatoms. The predicted octanol–water partition coefficient (Wildman–Crippen LogP) is 3.41. The van der Waals surface area contributed by atoms with Crippen molar-refractivity contribution in [3.8, 4) is 0 Å². The van der Waals surface area contributed by atoms with Crippen LogP contribution in [-0.2, 0) is 15.1 Å². The molecule has 0 unspecified atom stereocenters. The first kappa shape index (κ1) is 15.9. The zero-order valence-corrected chi connectivity index (χ0v) is 14.0. The number of nitrogens with one attached hydrogen (secondary N) is 1. The molecular formula is C18H16BrNO3. The van der Waals surface area contributed by atoms with E-state index in [4.69, 9.17) is 4.74 Å². The van der Waals surface area contributed by atoms with Gasteiger partial charge in [-0.25, -0.2) is 9.59 Å². The quantitative estimate of drug-likeness (QED) is 0.661. The molecule has 1 saturated heterocycles. The van der Waals surface area contributed by atoms with Gasteiger partial charge in [-0.15, -0.1) is 0 Å². The first-order valence-electron chi connectivity index (χ1n) is 7.45. The molecule has 0 radical (unpaired) electrons. The summed E-state index contributed by atoms with van der Waals surface area (Å²) in [5, 5.41) is 3.22. The fraction of sp³-hybridized carbons (Fsp3) is 0.222. The highest BCUT2D eigenvalue weighted by Crippen LogP contribution is 2.32. The van der Waals surface area contributed by atoms with E-state index < -0.39 is 17.5 Å². The third kappa shape index (κ3) is 3.07. The van der Waals surface area contributed by atoms with Gasteiger partial charge in [0.25, 0.3) is 0 Å². The number of carbonyl (C=O) groups excluding carboxylic acids is 2. The van der Waals surface area contributed by atoms with Crippen LogP contribution in [0.2, 0.25) is 0 Å². The average molecular weight is 374 g/mol. The van der Waals surface area contributed by atoms with Gasteiger partial charge in [0, 0.05) is 4.47 Å². The molecule has 1 heterocycles. The van der Waals surface area contributed by atoms with Crippen LogP contribution in [0.4, 0.5) is 0 Å². The highest BCUT2D eigenvalue weighted by Gasteiger charge is 2.45. The molecule has 0 saturated carbocycles. The first-order chi connectivity index (χ1) is 11.1. The van der Waals surface area contributed by atoms with Crippen LogP contribution in [0.1, 0.15) is 28.8 Å². The Bertz CT molecular complexity index is 724. The minimum atomic E-state index is -0.946. The van der Waals surface area contributed by atoms with E-state index >= 15 is 0 Å². The molecule has 2 aromatic carbocycles. The second kappa shape index (κ2) is 6.64. The molecule has 1 atom stereocenters. The molecule has 0 bridgehead atoms. The highest BCUT2D eigenvalue weighted by atomic mass is 79.9. The fourth-order valence-corrected chi connectivity index (χ4v) is 3.30. The van der Waals surface area contributed by atoms with E-state index in [2.05, 4.69) is 21.2 Å². The van der Waals surface area contributed by atoms with Crippen molar-refractivity contribution in [3.63, 3.8) is 0 Å². The molecular weight excluding hydrogens is 358 g/mol. The number of ether oxygens (including phenoxy) is 1. The molecule has 1 aliphatic heterocycles. The summed E-state index contributed by atoms with van der Waals surface area (Å²) in [7, 11) is 0. The lowest BCUT2D eigenvalue weighted by molar-refractivity contribution is -0.145. The van der Waals surface area contributed by atoms with Crippen LogP contribution in [0.3, 0.4) is 0 Å². The van der Waals surface area contributed by atoms with E-state index in [9.17, 15) is 9.59 Å². The minimum Gasteiger partial charge on any atom is -0.388 e. The number of benzene rings is 2. The maximum absolute atomic E-state index is 12.7. The number of esters is 2. The van der Waals surface area contributed by atoms with Crippen LogP contribution in [0.15, 0.2) is 59.1 Å². The van der Waals surface area contributed by atoms with E-state index in [0.29, 0.717) is 23.0 Å². The first-order valence-corrected chi connectivity index (χ1v) is 8.24. The van der Waals surface area contributed by atoms with Crippen molar-refractivity contribution in [3.05, 3.63) is 70.2 Å². The molecule has 118 valence electrons. The van der Waals surface area contributed by atoms with Gasteiger partial charge in [-0.1, -0.05) is 42.5 Å². The summed E-state index contributed by atoms with van der Waals surface area (Å²) in [4.78, 5) is 25.0. The molecule has 1 fully saturated rings. The zero-order chi connectivity index (χ0) is 16.3. The van der Waals surface area contributed by atoms with Gasteiger partial charge in [0.15, 0.2) is 0 Å². The van der Waals surface area contributed by atoms with Crippen LogP contribution in [0, 0.1) is 0 Å². The maximum atomic E-state index is 12.7. The SMILES string of the molecule is O=C(OC(=O)[C@]1(c2ccccc2)CCCN1)c1ccccc1Br. The van der Waals surface area contributed by atoms with Crippen LogP contribution >= 0.6 is 15.9 Å². The zero-order valence-electron chi connectivity index (χ0n) is 12.4. The summed E-state index contributed by atoms with van der Waals surface area (Å²) in [5.74, 6) is -1.20. The van der Waals surface area contributed by atoms with E-state index in [1.165, 1.54) is 0 Å². The van der Waals surface area contributed by atoms with E-state index in [0.717, 1.165) is 12.0 Å². The third-order valence-corrected chi connectivity index (χ3v) is 4.74. The summed E-state index contributed by atoms with van der Waals surface area (Å²) in [5.41, 5.74) is 0.211. The Morgan fingerprint density at radius 3 is 2.39 bits per heavy atom. The van der Waals surface area contributed by atoms with E-state index in [-0.39, 0.29) is 0 Å². The molecule has 0 aromatic heterocycles. The van der Waals surface area contributed by atoms with Gasteiger partial charge in [0.05, 0.1) is 5.56 Å². The Labute approximate surface area is 143 Å². The van der Waals surface area contributed by atoms with Crippen LogP contribution < -0.4 is 5.32 Å². The Morgan fingerprint density at radius 1 is 1.04 bits per heavy atom. The lowest BCUT2D eigenvalue weighted by Crippen LogP contribution is -2.46. The van der Waals surface area contributed by atoms with E-state index in [1.54, 1.807) is 24.3 Å². The van der Waals surface area contributed by atoms with Gasteiger partial charge in [-0.05, 0) is 53.0 Å². The van der Waals surface area contributed by atoms with Gasteiger partial charge >= 0.3 is 11.9 Å². The van der Waals surface area contributed by atoms with Crippen LogP contribution in [0.5, 0.6) is 0 Å². The second-order valence-electron chi connectivity index (χ2n) is 5.46. The topological polar surface area (TPSA) is 55.4 Å². The van der Waals surface area contributed by atoms with Gasteiger partial charge in [-0.2, -0.15) is 0 Å². The summed E-state index contributed by atoms with van der Waals surface area (Å²) >= 11 is 3.30. The summed E-state index contributed by atoms with van der Waals surface area (Å²) < 4.78 is 5.79. The van der Waals surface area contributed by atoms with Crippen molar-refractivity contribution in [2.45, 2.75) is 18.4 Å². The van der Waals surface area contributed by atoms with Crippen molar-refractivity contribution in [2.24, 2.45) is 0 Å². The Morgan fingerprint density at radius 2 is 1.74 bits per heavy atom. The van der Waals surface area contributed by atoms with Crippen LogP contribution in [0.25, 0.3) is 0 Å². The number of halogens is 1. The van der Waals surface area contributed by atoms with Crippen molar-refractivity contribution in [1.29, 1.82) is 0 Å². The average Bonchev–Trinajstić information content (AvgIpc) is 3.07. The molecule has 23 heavy (non-hydrogen) atoms. The number of carbonyl (C=O) groups is 2. The lowest BCUT2D eigenvalue weighted by atomic mass is 9.88. The van der Waals surface area contributed by atoms with Crippen molar-refractivity contribution >= 4 is 27.9 Å². The molecule has 0 spiro atoms. The van der Waals surface area contributed by atoms with Crippen molar-refractivity contribution in [2.75, 3.05) is 6.54 Å². The molecule has 4 nitrogen and oxygen atoms in total. The highest BCUT2D eigenvalue weighted by molar-refractivity contribution is 9.10. The number of rotatable bonds is 3. The van der Waals surface area contributed by atoms with Crippen molar-refractivity contribution in [1.82, 2.24) is 5.32 Å². The normalized spacial score (nSPS) is 20.2. The molecule has 0 amide bonds. The summed E-state index contributed by atoms with van der Waals surface area (Å²) in [6, 6.07) is 16.3. The smallest absolute Gasteiger partial charge is 0.346 e. The molecule has 2 aromatic rings. The van der Waals surface area contributed by atoms with Crippen molar-refractivity contribution < 1.29 is 14.3 Å². The van der Waals surface area contributed by atoms with Gasteiger partial charge in [-0.3, -0.25) is 5.32 Å². The second-order valence-corrected chi connectivity index (χ2v) is 6.31. The van der Waals surface area contributed by atoms with Gasteiger partial charge < -0.3 is 4.74 Å². The van der Waals surface area contributed by atoms with E-state index in [1.807, 2.05) is 30.3 Å². The Kier molecular flexibility index (Phi) is 4.59. The monoisotopic (exact) mass is 373 g/mol. The predicted molar refractivity (Wildman–Crippen MR) is 89.9 cm³/mol. The molecule has 1 N–H and O–H groups in total. The largest absolute Gasteiger partial charge is 0.388 e. The third-order valence-electron chi connectivity index (χ3n) is 4.05.